The summed E-state index contributed by atoms with van der Waals surface area (Å²) in [6, 6.07) is -0.236. The third kappa shape index (κ3) is 10.1. The first-order chi connectivity index (χ1) is 8.71. The number of alkyl halides is 3. The van der Waals surface area contributed by atoms with Crippen LogP contribution in [0.1, 0.15) is 67.2 Å². The summed E-state index contributed by atoms with van der Waals surface area (Å²) in [4.78, 5) is 11.4. The molecule has 0 fully saturated rings. The first-order valence-electron chi connectivity index (χ1n) is 7.07. The van der Waals surface area contributed by atoms with Crippen molar-refractivity contribution in [3.63, 3.8) is 0 Å². The van der Waals surface area contributed by atoms with Crippen LogP contribution >= 0.6 is 0 Å². The molecule has 0 aromatic heterocycles. The summed E-state index contributed by atoms with van der Waals surface area (Å²) < 4.78 is 36.6. The van der Waals surface area contributed by atoms with Gasteiger partial charge in [0.25, 0.3) is 0 Å². The Hall–Kier alpha value is -0.740. The molecule has 0 rings (SSSR count). The zero-order chi connectivity index (χ0) is 16.2. The highest BCUT2D eigenvalue weighted by atomic mass is 19.4. The van der Waals surface area contributed by atoms with Gasteiger partial charge >= 0.3 is 6.18 Å². The van der Waals surface area contributed by atoms with Gasteiger partial charge in [-0.1, -0.05) is 48.0 Å². The number of nitrogens with one attached hydrogen (secondary N) is 1. The molecule has 0 aliphatic heterocycles. The molecule has 2 nitrogen and oxygen atoms in total. The Morgan fingerprint density at radius 1 is 1.05 bits per heavy atom. The number of rotatable bonds is 5. The average Bonchev–Trinajstić information content (AvgIpc) is 2.09. The van der Waals surface area contributed by atoms with E-state index < -0.39 is 18.5 Å². The van der Waals surface area contributed by atoms with Crippen molar-refractivity contribution in [2.75, 3.05) is 0 Å². The quantitative estimate of drug-likeness (QED) is 0.783. The number of amides is 1. The number of halogens is 3. The van der Waals surface area contributed by atoms with Gasteiger partial charge in [0.15, 0.2) is 0 Å². The molecule has 1 N–H and O–H groups in total. The van der Waals surface area contributed by atoms with E-state index >= 15 is 0 Å². The molecule has 0 aromatic rings. The van der Waals surface area contributed by atoms with Crippen LogP contribution in [0.4, 0.5) is 13.2 Å². The second-order valence-corrected chi connectivity index (χ2v) is 7.73. The van der Waals surface area contributed by atoms with Crippen molar-refractivity contribution in [2.24, 2.45) is 10.8 Å². The highest BCUT2D eigenvalue weighted by Gasteiger charge is 2.34. The van der Waals surface area contributed by atoms with Crippen LogP contribution in [-0.4, -0.2) is 18.1 Å². The number of hydrogen-bond acceptors (Lipinski definition) is 1. The van der Waals surface area contributed by atoms with E-state index in [9.17, 15) is 18.0 Å². The van der Waals surface area contributed by atoms with Crippen LogP contribution in [0.2, 0.25) is 0 Å². The Morgan fingerprint density at radius 2 is 1.55 bits per heavy atom. The monoisotopic (exact) mass is 295 g/mol. The molecule has 120 valence electrons. The second-order valence-electron chi connectivity index (χ2n) is 7.73. The maximum Gasteiger partial charge on any atom is 0.397 e. The Bertz CT molecular complexity index is 311. The lowest BCUT2D eigenvalue weighted by molar-refractivity contribution is -0.154. The number of hydrogen-bond donors (Lipinski definition) is 1. The van der Waals surface area contributed by atoms with Gasteiger partial charge in [-0.3, -0.25) is 4.79 Å². The van der Waals surface area contributed by atoms with Gasteiger partial charge in [0, 0.05) is 6.04 Å². The Balaban J connectivity index is 4.48. The molecule has 0 radical (unpaired) electrons. The summed E-state index contributed by atoms with van der Waals surface area (Å²) in [6.45, 7) is 12.2. The van der Waals surface area contributed by atoms with Crippen LogP contribution in [0.5, 0.6) is 0 Å². The predicted molar refractivity (Wildman–Crippen MR) is 75.4 cm³/mol. The Morgan fingerprint density at radius 3 is 1.90 bits per heavy atom. The first-order valence-corrected chi connectivity index (χ1v) is 7.07. The van der Waals surface area contributed by atoms with Crippen LogP contribution in [-0.2, 0) is 4.79 Å². The minimum atomic E-state index is -4.45. The van der Waals surface area contributed by atoms with E-state index in [-0.39, 0.29) is 16.9 Å². The van der Waals surface area contributed by atoms with Crippen LogP contribution < -0.4 is 5.32 Å². The Kier molecular flexibility index (Phi) is 6.56. The standard InChI is InChI=1S/C15H28F3NO/c1-13(2,3)9-7-8-11(14(4,5)6)19-12(20)10-15(16,17)18/h11H,7-10H2,1-6H3,(H,19,20). The maximum atomic E-state index is 12.2. The van der Waals surface area contributed by atoms with Gasteiger partial charge in [-0.05, 0) is 23.7 Å². The zero-order valence-electron chi connectivity index (χ0n) is 13.4. The fourth-order valence-corrected chi connectivity index (χ4v) is 1.99. The lowest BCUT2D eigenvalue weighted by Gasteiger charge is -2.32. The van der Waals surface area contributed by atoms with Crippen molar-refractivity contribution in [1.82, 2.24) is 5.32 Å². The van der Waals surface area contributed by atoms with Crippen molar-refractivity contribution in [3.8, 4) is 0 Å². The molecule has 1 unspecified atom stereocenters. The zero-order valence-corrected chi connectivity index (χ0v) is 13.4. The molecule has 1 amide bonds. The van der Waals surface area contributed by atoms with Crippen molar-refractivity contribution in [3.05, 3.63) is 0 Å². The first kappa shape index (κ1) is 19.3. The van der Waals surface area contributed by atoms with Crippen LogP contribution in [0, 0.1) is 10.8 Å². The molecule has 0 saturated carbocycles. The molecule has 0 bridgehead atoms. The van der Waals surface area contributed by atoms with Gasteiger partial charge in [0.1, 0.15) is 6.42 Å². The molecule has 0 aliphatic rings. The molecule has 0 saturated heterocycles. The summed E-state index contributed by atoms with van der Waals surface area (Å²) in [6.07, 6.45) is -3.28. The Labute approximate surface area is 120 Å². The molecule has 20 heavy (non-hydrogen) atoms. The molecule has 0 aromatic carbocycles. The summed E-state index contributed by atoms with van der Waals surface area (Å²) in [7, 11) is 0. The van der Waals surface area contributed by atoms with E-state index in [1.54, 1.807) is 0 Å². The highest BCUT2D eigenvalue weighted by molar-refractivity contribution is 5.77. The molecule has 0 aliphatic carbocycles. The van der Waals surface area contributed by atoms with E-state index in [2.05, 4.69) is 26.1 Å². The SMILES string of the molecule is CC(C)(C)CCCC(NC(=O)CC(F)(F)F)C(C)(C)C. The minimum absolute atomic E-state index is 0.193. The van der Waals surface area contributed by atoms with E-state index in [0.29, 0.717) is 6.42 Å². The summed E-state index contributed by atoms with van der Waals surface area (Å²) >= 11 is 0. The number of carbonyl (C=O) groups is 1. The topological polar surface area (TPSA) is 29.1 Å². The normalized spacial score (nSPS) is 15.1. The van der Waals surface area contributed by atoms with Crippen LogP contribution in [0.3, 0.4) is 0 Å². The van der Waals surface area contributed by atoms with E-state index in [1.807, 2.05) is 20.8 Å². The van der Waals surface area contributed by atoms with Crippen LogP contribution in [0.15, 0.2) is 0 Å². The van der Waals surface area contributed by atoms with E-state index in [0.717, 1.165) is 12.8 Å². The molecular weight excluding hydrogens is 267 g/mol. The summed E-state index contributed by atoms with van der Waals surface area (Å²) in [5.41, 5.74) is -0.0580. The molecule has 5 heteroatoms. The van der Waals surface area contributed by atoms with Gasteiger partial charge < -0.3 is 5.32 Å². The van der Waals surface area contributed by atoms with Crippen LogP contribution in [0.25, 0.3) is 0 Å². The maximum absolute atomic E-state index is 12.2. The van der Waals surface area contributed by atoms with Gasteiger partial charge in [-0.2, -0.15) is 13.2 Å². The van der Waals surface area contributed by atoms with Crippen molar-refractivity contribution in [1.29, 1.82) is 0 Å². The lowest BCUT2D eigenvalue weighted by atomic mass is 9.81. The molecule has 1 atom stereocenters. The lowest BCUT2D eigenvalue weighted by Crippen LogP contribution is -2.44. The van der Waals surface area contributed by atoms with Gasteiger partial charge in [0.05, 0.1) is 0 Å². The van der Waals surface area contributed by atoms with E-state index in [1.165, 1.54) is 0 Å². The van der Waals surface area contributed by atoms with Gasteiger partial charge in [-0.25, -0.2) is 0 Å². The molecular formula is C15H28F3NO. The largest absolute Gasteiger partial charge is 0.397 e. The third-order valence-electron chi connectivity index (χ3n) is 3.16. The molecule has 0 spiro atoms. The smallest absolute Gasteiger partial charge is 0.353 e. The van der Waals surface area contributed by atoms with Crippen molar-refractivity contribution >= 4 is 5.91 Å². The highest BCUT2D eigenvalue weighted by Crippen LogP contribution is 2.28. The van der Waals surface area contributed by atoms with E-state index in [4.69, 9.17) is 0 Å². The van der Waals surface area contributed by atoms with Crippen molar-refractivity contribution in [2.45, 2.75) is 79.4 Å². The van der Waals surface area contributed by atoms with Crippen molar-refractivity contribution < 1.29 is 18.0 Å². The summed E-state index contributed by atoms with van der Waals surface area (Å²) in [5, 5.41) is 2.54. The van der Waals surface area contributed by atoms with Gasteiger partial charge in [0.2, 0.25) is 5.91 Å². The minimum Gasteiger partial charge on any atom is -0.353 e. The average molecular weight is 295 g/mol. The second kappa shape index (κ2) is 6.81. The third-order valence-corrected chi connectivity index (χ3v) is 3.16. The van der Waals surface area contributed by atoms with Gasteiger partial charge in [-0.15, -0.1) is 0 Å². The fourth-order valence-electron chi connectivity index (χ4n) is 1.99. The molecule has 0 heterocycles. The number of carbonyl (C=O) groups excluding carboxylic acids is 1. The fraction of sp³-hybridized carbons (Fsp3) is 0.933. The summed E-state index contributed by atoms with van der Waals surface area (Å²) in [5.74, 6) is -0.937. The predicted octanol–water partition coefficient (Wildman–Crippen LogP) is 4.69.